The number of fused-ring (bicyclic) bond motifs is 2. The van der Waals surface area contributed by atoms with Gasteiger partial charge >= 0.3 is 0 Å². The van der Waals surface area contributed by atoms with Gasteiger partial charge in [-0.05, 0) is 24.3 Å². The van der Waals surface area contributed by atoms with Crippen LogP contribution in [0.15, 0.2) is 30.3 Å². The van der Waals surface area contributed by atoms with Crippen molar-refractivity contribution in [3.8, 4) is 11.5 Å². The van der Waals surface area contributed by atoms with Crippen LogP contribution >= 0.6 is 0 Å². The first kappa shape index (κ1) is 19.6. The lowest BCUT2D eigenvalue weighted by molar-refractivity contribution is 0.0778. The van der Waals surface area contributed by atoms with E-state index in [9.17, 15) is 4.79 Å². The molecule has 9 nitrogen and oxygen atoms in total. The van der Waals surface area contributed by atoms with Gasteiger partial charge in [-0.3, -0.25) is 4.79 Å². The number of carbonyl (C=O) groups excluding carboxylic acids is 1. The second-order valence-corrected chi connectivity index (χ2v) is 8.11. The van der Waals surface area contributed by atoms with E-state index in [2.05, 4.69) is 15.1 Å². The van der Waals surface area contributed by atoms with Gasteiger partial charge in [-0.25, -0.2) is 0 Å². The topological polar surface area (TPSA) is 85.1 Å². The molecule has 31 heavy (non-hydrogen) atoms. The van der Waals surface area contributed by atoms with E-state index in [1.54, 1.807) is 26.4 Å². The van der Waals surface area contributed by atoms with Gasteiger partial charge in [0.1, 0.15) is 5.82 Å². The molecule has 2 fully saturated rings. The normalized spacial score (nSPS) is 20.4. The van der Waals surface area contributed by atoms with Crippen molar-refractivity contribution >= 4 is 17.4 Å². The number of anilines is 1. The number of hydrogen-bond donors (Lipinski definition) is 0. The van der Waals surface area contributed by atoms with Crippen molar-refractivity contribution in [2.24, 2.45) is 11.8 Å². The summed E-state index contributed by atoms with van der Waals surface area (Å²) >= 11 is 0. The van der Waals surface area contributed by atoms with Crippen molar-refractivity contribution < 1.29 is 14.3 Å². The minimum atomic E-state index is -0.00618. The number of methoxy groups -OCH3 is 2. The number of amides is 1. The zero-order valence-corrected chi connectivity index (χ0v) is 18.0. The van der Waals surface area contributed by atoms with Gasteiger partial charge in [-0.2, -0.15) is 4.52 Å². The van der Waals surface area contributed by atoms with Gasteiger partial charge in [-0.1, -0.05) is 13.0 Å². The molecule has 4 heterocycles. The molecule has 0 spiro atoms. The van der Waals surface area contributed by atoms with Crippen LogP contribution in [0.1, 0.15) is 23.1 Å². The van der Waals surface area contributed by atoms with Crippen LogP contribution in [0, 0.1) is 11.8 Å². The Kier molecular flexibility index (Phi) is 4.88. The lowest BCUT2D eigenvalue weighted by Gasteiger charge is -2.23. The quantitative estimate of drug-likeness (QED) is 0.621. The largest absolute Gasteiger partial charge is 0.493 e. The van der Waals surface area contributed by atoms with Gasteiger partial charge in [0, 0.05) is 44.4 Å². The number of nitrogens with zero attached hydrogens (tertiary/aromatic N) is 6. The lowest BCUT2D eigenvalue weighted by atomic mass is 10.0. The molecular weight excluding hydrogens is 396 g/mol. The fourth-order valence-electron chi connectivity index (χ4n) is 4.78. The summed E-state index contributed by atoms with van der Waals surface area (Å²) in [4.78, 5) is 17.5. The fourth-order valence-corrected chi connectivity index (χ4v) is 4.78. The van der Waals surface area contributed by atoms with Crippen LogP contribution in [-0.2, 0) is 6.42 Å². The monoisotopic (exact) mass is 422 g/mol. The van der Waals surface area contributed by atoms with Crippen molar-refractivity contribution in [1.82, 2.24) is 24.7 Å². The minimum Gasteiger partial charge on any atom is -0.493 e. The Morgan fingerprint density at radius 3 is 2.48 bits per heavy atom. The molecule has 0 radical (unpaired) electrons. The standard InChI is InChI=1S/C22H26N6O3/c1-4-18-23-24-19-8-9-20(25-28(18)19)26-10-14-12-27(13-15(14)11-26)22(29)16-6-5-7-17(30-2)21(16)31-3/h5-9,14-15H,4,10-13H2,1-3H3. The molecule has 2 aliphatic heterocycles. The number of para-hydroxylation sites is 1. The van der Waals surface area contributed by atoms with E-state index in [1.165, 1.54) is 0 Å². The highest BCUT2D eigenvalue weighted by Gasteiger charge is 2.42. The summed E-state index contributed by atoms with van der Waals surface area (Å²) < 4.78 is 12.6. The molecule has 1 aromatic carbocycles. The van der Waals surface area contributed by atoms with Crippen molar-refractivity contribution in [3.63, 3.8) is 0 Å². The predicted octanol–water partition coefficient (Wildman–Crippen LogP) is 1.91. The van der Waals surface area contributed by atoms with Crippen LogP contribution in [-0.4, -0.2) is 71.0 Å². The summed E-state index contributed by atoms with van der Waals surface area (Å²) in [7, 11) is 3.14. The van der Waals surface area contributed by atoms with E-state index in [0.717, 1.165) is 49.9 Å². The molecule has 5 rings (SSSR count). The smallest absolute Gasteiger partial charge is 0.257 e. The number of aromatic nitrogens is 4. The van der Waals surface area contributed by atoms with Crippen LogP contribution in [0.4, 0.5) is 5.82 Å². The number of rotatable bonds is 5. The summed E-state index contributed by atoms with van der Waals surface area (Å²) in [6.07, 6.45) is 0.785. The Morgan fingerprint density at radius 1 is 1.03 bits per heavy atom. The molecule has 162 valence electrons. The Balaban J connectivity index is 1.31. The first-order valence-electron chi connectivity index (χ1n) is 10.6. The summed E-state index contributed by atoms with van der Waals surface area (Å²) in [5.41, 5.74) is 1.31. The van der Waals surface area contributed by atoms with Crippen LogP contribution in [0.3, 0.4) is 0 Å². The zero-order valence-electron chi connectivity index (χ0n) is 18.0. The van der Waals surface area contributed by atoms with Crippen molar-refractivity contribution in [3.05, 3.63) is 41.7 Å². The van der Waals surface area contributed by atoms with Crippen molar-refractivity contribution in [2.45, 2.75) is 13.3 Å². The summed E-state index contributed by atoms with van der Waals surface area (Å²) in [6, 6.07) is 9.40. The molecular formula is C22H26N6O3. The average Bonchev–Trinajstić information content (AvgIpc) is 3.50. The van der Waals surface area contributed by atoms with Gasteiger partial charge < -0.3 is 19.3 Å². The molecule has 2 atom stereocenters. The molecule has 1 amide bonds. The number of likely N-dealkylation sites (tertiary alicyclic amines) is 1. The molecule has 3 aromatic rings. The molecule has 2 aromatic heterocycles. The van der Waals surface area contributed by atoms with E-state index in [1.807, 2.05) is 34.5 Å². The maximum atomic E-state index is 13.2. The van der Waals surface area contributed by atoms with E-state index >= 15 is 0 Å². The van der Waals surface area contributed by atoms with E-state index in [4.69, 9.17) is 14.6 Å². The number of aryl methyl sites for hydroxylation is 1. The van der Waals surface area contributed by atoms with E-state index < -0.39 is 0 Å². The third-order valence-electron chi connectivity index (χ3n) is 6.36. The summed E-state index contributed by atoms with van der Waals surface area (Å²) in [6.45, 7) is 5.27. The Hall–Kier alpha value is -3.36. The van der Waals surface area contributed by atoms with Crippen LogP contribution in [0.25, 0.3) is 5.65 Å². The number of benzene rings is 1. The third kappa shape index (κ3) is 3.24. The molecule has 0 bridgehead atoms. The number of hydrogen-bond acceptors (Lipinski definition) is 7. The molecule has 9 heteroatoms. The highest BCUT2D eigenvalue weighted by Crippen LogP contribution is 2.36. The number of carbonyl (C=O) groups is 1. The van der Waals surface area contributed by atoms with Gasteiger partial charge in [-0.15, -0.1) is 15.3 Å². The Morgan fingerprint density at radius 2 is 1.81 bits per heavy atom. The maximum Gasteiger partial charge on any atom is 0.257 e. The van der Waals surface area contributed by atoms with Crippen molar-refractivity contribution in [1.29, 1.82) is 0 Å². The minimum absolute atomic E-state index is 0.00618. The molecule has 0 N–H and O–H groups in total. The SMILES string of the molecule is CCc1nnc2ccc(N3CC4CN(C(=O)c5cccc(OC)c5OC)CC4C3)nn12. The first-order chi connectivity index (χ1) is 15.1. The molecule has 0 saturated carbocycles. The van der Waals surface area contributed by atoms with Gasteiger partial charge in [0.25, 0.3) is 5.91 Å². The molecule has 2 saturated heterocycles. The van der Waals surface area contributed by atoms with Crippen LogP contribution in [0.5, 0.6) is 11.5 Å². The second kappa shape index (κ2) is 7.72. The fraction of sp³-hybridized carbons (Fsp3) is 0.455. The van der Waals surface area contributed by atoms with Crippen LogP contribution < -0.4 is 14.4 Å². The van der Waals surface area contributed by atoms with Gasteiger partial charge in [0.15, 0.2) is 23.0 Å². The van der Waals surface area contributed by atoms with Crippen LogP contribution in [0.2, 0.25) is 0 Å². The zero-order chi connectivity index (χ0) is 21.5. The van der Waals surface area contributed by atoms with Crippen molar-refractivity contribution in [2.75, 3.05) is 45.3 Å². The maximum absolute atomic E-state index is 13.2. The molecule has 0 aliphatic carbocycles. The Labute approximate surface area is 180 Å². The predicted molar refractivity (Wildman–Crippen MR) is 115 cm³/mol. The summed E-state index contributed by atoms with van der Waals surface area (Å²) in [5, 5.41) is 13.1. The lowest BCUT2D eigenvalue weighted by Crippen LogP contribution is -2.33. The summed E-state index contributed by atoms with van der Waals surface area (Å²) in [5.74, 6) is 3.69. The van der Waals surface area contributed by atoms with Gasteiger partial charge in [0.05, 0.1) is 19.8 Å². The number of ether oxygens (including phenoxy) is 2. The molecule has 2 aliphatic rings. The third-order valence-corrected chi connectivity index (χ3v) is 6.36. The Bertz CT molecular complexity index is 1120. The second-order valence-electron chi connectivity index (χ2n) is 8.11. The van der Waals surface area contributed by atoms with E-state index in [-0.39, 0.29) is 5.91 Å². The average molecular weight is 422 g/mol. The van der Waals surface area contributed by atoms with Gasteiger partial charge in [0.2, 0.25) is 0 Å². The first-order valence-corrected chi connectivity index (χ1v) is 10.6. The highest BCUT2D eigenvalue weighted by atomic mass is 16.5. The highest BCUT2D eigenvalue weighted by molar-refractivity contribution is 5.98. The van der Waals surface area contributed by atoms with E-state index in [0.29, 0.717) is 28.9 Å². The molecule has 2 unspecified atom stereocenters.